The molecule has 206 valence electrons. The average Bonchev–Trinajstić information content (AvgIpc) is 3.37. The first-order chi connectivity index (χ1) is 18.6. The van der Waals surface area contributed by atoms with Gasteiger partial charge in [-0.1, -0.05) is 52.3 Å². The van der Waals surface area contributed by atoms with Crippen molar-refractivity contribution in [3.8, 4) is 5.75 Å². The molecule has 11 nitrogen and oxygen atoms in total. The molecule has 0 fully saturated rings. The summed E-state index contributed by atoms with van der Waals surface area (Å²) in [6.45, 7) is 1.28. The van der Waals surface area contributed by atoms with Crippen LogP contribution in [0.25, 0.3) is 0 Å². The number of carbonyl (C=O) groups is 1. The van der Waals surface area contributed by atoms with Crippen LogP contribution in [-0.2, 0) is 30.0 Å². The minimum atomic E-state index is -4.18. The largest absolute Gasteiger partial charge is 0.460 e. The Balaban J connectivity index is 1.44. The first-order valence-corrected chi connectivity index (χ1v) is 14.8. The summed E-state index contributed by atoms with van der Waals surface area (Å²) in [7, 11) is -4.18. The third-order valence-corrected chi connectivity index (χ3v) is 8.12. The van der Waals surface area contributed by atoms with Gasteiger partial charge >= 0.3 is 19.4 Å². The van der Waals surface area contributed by atoms with Gasteiger partial charge in [0.2, 0.25) is 0 Å². The first-order valence-electron chi connectivity index (χ1n) is 11.6. The van der Waals surface area contributed by atoms with Crippen molar-refractivity contribution in [2.24, 2.45) is 0 Å². The van der Waals surface area contributed by atoms with E-state index in [0.717, 1.165) is 10.0 Å². The van der Waals surface area contributed by atoms with E-state index in [0.29, 0.717) is 4.47 Å². The molecule has 4 atom stereocenters. The third kappa shape index (κ3) is 8.10. The second kappa shape index (κ2) is 13.0. The number of ether oxygens (including phenoxy) is 2. The van der Waals surface area contributed by atoms with Gasteiger partial charge in [-0.05, 0) is 52.7 Å². The molecule has 0 bridgehead atoms. The van der Waals surface area contributed by atoms with Crippen molar-refractivity contribution in [1.82, 2.24) is 14.6 Å². The summed E-state index contributed by atoms with van der Waals surface area (Å²) in [6, 6.07) is 14.3. The van der Waals surface area contributed by atoms with Crippen LogP contribution in [0, 0.1) is 0 Å². The zero-order chi connectivity index (χ0) is 28.0. The molecule has 4 rings (SSSR count). The Hall–Kier alpha value is -2.80. The Morgan fingerprint density at radius 2 is 1.92 bits per heavy atom. The average molecular weight is 685 g/mol. The first kappa shape index (κ1) is 29.2. The molecule has 3 aromatic rings. The normalized spacial score (nSPS) is 18.8. The Morgan fingerprint density at radius 1 is 1.15 bits per heavy atom. The number of benzene rings is 2. The van der Waals surface area contributed by atoms with Crippen LogP contribution in [0.4, 0.5) is 0 Å². The molecule has 1 aliphatic rings. The lowest BCUT2D eigenvalue weighted by Crippen LogP contribution is -2.36. The molecule has 0 saturated heterocycles. The number of nitrogens with one attached hydrogen (secondary N) is 2. The van der Waals surface area contributed by atoms with Crippen molar-refractivity contribution in [1.29, 1.82) is 0 Å². The van der Waals surface area contributed by atoms with E-state index in [1.165, 1.54) is 23.8 Å². The van der Waals surface area contributed by atoms with Gasteiger partial charge in [0.15, 0.2) is 6.23 Å². The molecule has 1 aliphatic heterocycles. The van der Waals surface area contributed by atoms with Gasteiger partial charge in [-0.3, -0.25) is 23.7 Å². The number of H-pyrrole nitrogens is 1. The maximum absolute atomic E-state index is 13.8. The minimum Gasteiger partial charge on any atom is -0.460 e. The topological polar surface area (TPSA) is 138 Å². The zero-order valence-corrected chi connectivity index (χ0v) is 24.6. The molecule has 0 amide bonds. The fourth-order valence-electron chi connectivity index (χ4n) is 3.45. The van der Waals surface area contributed by atoms with Crippen molar-refractivity contribution >= 4 is 45.6 Å². The molecule has 1 aromatic heterocycles. The van der Waals surface area contributed by atoms with E-state index in [1.54, 1.807) is 30.4 Å². The summed E-state index contributed by atoms with van der Waals surface area (Å²) in [5.74, 6) is -0.449. The van der Waals surface area contributed by atoms with Crippen molar-refractivity contribution < 1.29 is 27.9 Å². The monoisotopic (exact) mass is 683 g/mol. The fraction of sp³-hybridized carbons (Fsp3) is 0.240. The lowest BCUT2D eigenvalue weighted by Gasteiger charge is -2.24. The summed E-state index contributed by atoms with van der Waals surface area (Å²) < 4.78 is 38.8. The second-order valence-electron chi connectivity index (χ2n) is 8.37. The summed E-state index contributed by atoms with van der Waals surface area (Å²) in [6.07, 6.45) is 3.02. The quantitative estimate of drug-likeness (QED) is 0.171. The van der Waals surface area contributed by atoms with Crippen LogP contribution in [0.1, 0.15) is 18.7 Å². The Labute approximate surface area is 240 Å². The van der Waals surface area contributed by atoms with E-state index in [9.17, 15) is 18.9 Å². The van der Waals surface area contributed by atoms with Crippen molar-refractivity contribution in [2.75, 3.05) is 6.61 Å². The molecule has 1 unspecified atom stereocenters. The van der Waals surface area contributed by atoms with E-state index >= 15 is 0 Å². The predicted octanol–water partition coefficient (Wildman–Crippen LogP) is 4.44. The summed E-state index contributed by atoms with van der Waals surface area (Å²) in [5, 5.41) is 2.63. The van der Waals surface area contributed by atoms with Gasteiger partial charge in [-0.25, -0.2) is 9.36 Å². The van der Waals surface area contributed by atoms with Crippen LogP contribution >= 0.6 is 39.6 Å². The molecular weight excluding hydrogens is 661 g/mol. The van der Waals surface area contributed by atoms with Gasteiger partial charge in [-0.2, -0.15) is 5.09 Å². The van der Waals surface area contributed by atoms with Gasteiger partial charge in [0.1, 0.15) is 24.5 Å². The third-order valence-electron chi connectivity index (χ3n) is 5.38. The van der Waals surface area contributed by atoms with E-state index in [-0.39, 0.29) is 19.0 Å². The number of halogens is 2. The molecule has 0 radical (unpaired) electrons. The highest BCUT2D eigenvalue weighted by Gasteiger charge is 2.34. The lowest BCUT2D eigenvalue weighted by molar-refractivity contribution is -0.146. The van der Waals surface area contributed by atoms with Crippen molar-refractivity contribution in [2.45, 2.75) is 31.9 Å². The van der Waals surface area contributed by atoms with Crippen LogP contribution in [-0.4, -0.2) is 34.3 Å². The summed E-state index contributed by atoms with van der Waals surface area (Å²) in [4.78, 5) is 38.2. The van der Waals surface area contributed by atoms with E-state index in [2.05, 4.69) is 41.9 Å². The minimum absolute atomic E-state index is 0.0438. The zero-order valence-electron chi connectivity index (χ0n) is 20.5. The Morgan fingerprint density at radius 3 is 2.64 bits per heavy atom. The van der Waals surface area contributed by atoms with E-state index in [1.807, 2.05) is 30.3 Å². The van der Waals surface area contributed by atoms with Crippen LogP contribution in [0.15, 0.2) is 91.5 Å². The predicted molar refractivity (Wildman–Crippen MR) is 149 cm³/mol. The molecule has 0 aliphatic carbocycles. The number of esters is 1. The van der Waals surface area contributed by atoms with Crippen molar-refractivity contribution in [3.05, 3.63) is 108 Å². The van der Waals surface area contributed by atoms with E-state index < -0.39 is 43.3 Å². The number of hydrogen-bond donors (Lipinski definition) is 2. The van der Waals surface area contributed by atoms with Gasteiger partial charge in [-0.15, -0.1) is 0 Å². The number of rotatable bonds is 11. The molecule has 39 heavy (non-hydrogen) atoms. The maximum Gasteiger partial charge on any atom is 0.459 e. The van der Waals surface area contributed by atoms with Crippen LogP contribution < -0.4 is 20.9 Å². The van der Waals surface area contributed by atoms with Crippen LogP contribution in [0.5, 0.6) is 5.75 Å². The highest BCUT2D eigenvalue weighted by Crippen LogP contribution is 2.47. The molecule has 2 N–H and O–H groups in total. The van der Waals surface area contributed by atoms with Crippen molar-refractivity contribution in [3.63, 3.8) is 0 Å². The molecular formula is C25H24Br2N3O8P. The standard InChI is InChI=1S/C25H24Br2N3O8P/c1-16(24(32)35-14-17-5-3-2-4-6-17)29-39(34,38-21-9-7-18(26)13-20(21)27)36-15-19-8-10-23(37-19)30-12-11-22(31)28-25(30)33/h2-13,16,19,23H,14-15H2,1H3,(H,29,34)(H,28,31,33)/t16-,19-,23+,39?/m0/s1. The van der Waals surface area contributed by atoms with Gasteiger partial charge < -0.3 is 14.0 Å². The highest BCUT2D eigenvalue weighted by molar-refractivity contribution is 9.11. The number of aromatic amines is 1. The molecule has 14 heteroatoms. The molecule has 0 saturated carbocycles. The van der Waals surface area contributed by atoms with Gasteiger partial charge in [0.05, 0.1) is 11.1 Å². The number of hydrogen-bond acceptors (Lipinski definition) is 8. The van der Waals surface area contributed by atoms with Gasteiger partial charge in [0.25, 0.3) is 5.56 Å². The Bertz CT molecular complexity index is 1510. The molecule has 2 heterocycles. The fourth-order valence-corrected chi connectivity index (χ4v) is 6.23. The molecule has 0 spiro atoms. The maximum atomic E-state index is 13.8. The smallest absolute Gasteiger partial charge is 0.459 e. The van der Waals surface area contributed by atoms with Gasteiger partial charge in [0, 0.05) is 16.7 Å². The summed E-state index contributed by atoms with van der Waals surface area (Å²) in [5.41, 5.74) is -0.371. The number of carbonyl (C=O) groups excluding carboxylic acids is 1. The lowest BCUT2D eigenvalue weighted by atomic mass is 10.2. The summed E-state index contributed by atoms with van der Waals surface area (Å²) >= 11 is 6.71. The van der Waals surface area contributed by atoms with Crippen LogP contribution in [0.2, 0.25) is 0 Å². The van der Waals surface area contributed by atoms with E-state index in [4.69, 9.17) is 18.5 Å². The van der Waals surface area contributed by atoms with Crippen LogP contribution in [0.3, 0.4) is 0 Å². The number of nitrogens with zero attached hydrogens (tertiary/aromatic N) is 1. The highest BCUT2D eigenvalue weighted by atomic mass is 79.9. The second-order valence-corrected chi connectivity index (χ2v) is 11.8. The SMILES string of the molecule is C[C@H](NP(=O)(OC[C@@H]1C=C[C@H](n2ccc(=O)[nH]c2=O)O1)Oc1ccc(Br)cc1Br)C(=O)OCc1ccccc1. The molecule has 2 aromatic carbocycles. The number of aromatic nitrogens is 2. The Kier molecular flexibility index (Phi) is 9.76.